The van der Waals surface area contributed by atoms with Gasteiger partial charge in [0.05, 0.1) is 4.90 Å². The number of benzene rings is 1. The fourth-order valence-corrected chi connectivity index (χ4v) is 5.99. The number of aromatic nitrogens is 3. The second-order valence-corrected chi connectivity index (χ2v) is 9.86. The van der Waals surface area contributed by atoms with Gasteiger partial charge in [0.15, 0.2) is 5.65 Å². The lowest BCUT2D eigenvalue weighted by molar-refractivity contribution is 0.587. The van der Waals surface area contributed by atoms with Crippen molar-refractivity contribution in [2.45, 2.75) is 25.7 Å². The molecule has 0 saturated heterocycles. The Hall–Kier alpha value is -2.03. The number of fused-ring (bicyclic) bond motifs is 1. The van der Waals surface area contributed by atoms with E-state index in [9.17, 15) is 8.42 Å². The van der Waals surface area contributed by atoms with Crippen molar-refractivity contribution in [2.75, 3.05) is 0 Å². The van der Waals surface area contributed by atoms with Crippen LogP contribution in [0.15, 0.2) is 51.4 Å². The molecular weight excluding hydrogens is 446 g/mol. The van der Waals surface area contributed by atoms with E-state index in [0.717, 1.165) is 31.7 Å². The van der Waals surface area contributed by atoms with Crippen molar-refractivity contribution >= 4 is 48.3 Å². The molecule has 1 aromatic carbocycles. The largest absolute Gasteiger partial charge is 0.269 e. The van der Waals surface area contributed by atoms with Gasteiger partial charge in [-0.1, -0.05) is 17.7 Å². The van der Waals surface area contributed by atoms with Crippen molar-refractivity contribution in [2.24, 2.45) is 0 Å². The highest BCUT2D eigenvalue weighted by Gasteiger charge is 2.27. The van der Waals surface area contributed by atoms with Crippen LogP contribution < -0.4 is 0 Å². The molecule has 0 aliphatic rings. The minimum Gasteiger partial charge on any atom is -0.237 e. The van der Waals surface area contributed by atoms with E-state index < -0.39 is 10.0 Å². The lowest BCUT2D eigenvalue weighted by Gasteiger charge is -2.10. The van der Waals surface area contributed by atoms with Crippen LogP contribution in [0.5, 0.6) is 0 Å². The molecule has 0 amide bonds. The van der Waals surface area contributed by atoms with E-state index >= 15 is 0 Å². The van der Waals surface area contributed by atoms with Crippen molar-refractivity contribution in [3.05, 3.63) is 63.3 Å². The summed E-state index contributed by atoms with van der Waals surface area (Å²) >= 11 is 4.85. The Labute approximate surface area is 169 Å². The summed E-state index contributed by atoms with van der Waals surface area (Å²) in [6.45, 7) is 5.66. The van der Waals surface area contributed by atoms with Crippen LogP contribution >= 0.6 is 27.3 Å². The van der Waals surface area contributed by atoms with Crippen molar-refractivity contribution < 1.29 is 8.42 Å². The molecular formula is C19H16BrN3O2S2. The minimum absolute atomic E-state index is 0.238. The van der Waals surface area contributed by atoms with Gasteiger partial charge in [0.2, 0.25) is 0 Å². The zero-order valence-corrected chi connectivity index (χ0v) is 18.1. The summed E-state index contributed by atoms with van der Waals surface area (Å²) in [5.74, 6) is 0. The molecule has 0 saturated carbocycles. The fourth-order valence-electron chi connectivity index (χ4n) is 3.11. The third-order valence-corrected chi connectivity index (χ3v) is 7.75. The van der Waals surface area contributed by atoms with Crippen LogP contribution in [0.3, 0.4) is 0 Å². The quantitative estimate of drug-likeness (QED) is 0.426. The number of aryl methyl sites for hydroxylation is 2. The van der Waals surface area contributed by atoms with Crippen LogP contribution in [0.25, 0.3) is 21.6 Å². The Morgan fingerprint density at radius 2 is 1.78 bits per heavy atom. The maximum absolute atomic E-state index is 13.4. The summed E-state index contributed by atoms with van der Waals surface area (Å²) < 4.78 is 28.9. The van der Waals surface area contributed by atoms with E-state index in [1.165, 1.54) is 15.3 Å². The first-order valence-corrected chi connectivity index (χ1v) is 11.3. The lowest BCUT2D eigenvalue weighted by Crippen LogP contribution is -2.15. The van der Waals surface area contributed by atoms with E-state index in [1.54, 1.807) is 37.4 Å². The Bertz CT molecular complexity index is 1270. The number of pyridine rings is 1. The Morgan fingerprint density at radius 3 is 2.41 bits per heavy atom. The molecule has 0 unspecified atom stereocenters. The smallest absolute Gasteiger partial charge is 0.237 e. The molecule has 138 valence electrons. The molecule has 0 bridgehead atoms. The summed E-state index contributed by atoms with van der Waals surface area (Å²) in [5.41, 5.74) is 3.78. The molecule has 27 heavy (non-hydrogen) atoms. The highest BCUT2D eigenvalue weighted by Crippen LogP contribution is 2.38. The molecule has 0 aliphatic carbocycles. The monoisotopic (exact) mass is 461 g/mol. The average Bonchev–Trinajstić information content (AvgIpc) is 3.15. The van der Waals surface area contributed by atoms with E-state index in [-0.39, 0.29) is 4.90 Å². The Balaban J connectivity index is 2.07. The number of hydrogen-bond acceptors (Lipinski definition) is 5. The fraction of sp³-hybridized carbons (Fsp3) is 0.158. The summed E-state index contributed by atoms with van der Waals surface area (Å²) in [5, 5.41) is 3.43. The molecule has 0 aliphatic heterocycles. The zero-order valence-electron chi connectivity index (χ0n) is 14.9. The Kier molecular flexibility index (Phi) is 4.44. The topological polar surface area (TPSA) is 64.8 Å². The van der Waals surface area contributed by atoms with Crippen LogP contribution in [0.2, 0.25) is 0 Å². The molecule has 0 radical (unpaired) electrons. The molecule has 0 N–H and O–H groups in total. The molecule has 4 aromatic rings. The molecule has 5 nitrogen and oxygen atoms in total. The SMILES string of the molecule is Cc1ccc(S(=O)(=O)n2c(C)c(-c3nc(Br)cs3)c3cc(C)cnc32)cc1. The first-order chi connectivity index (χ1) is 12.8. The maximum atomic E-state index is 13.4. The average molecular weight is 462 g/mol. The first kappa shape index (κ1) is 18.3. The predicted molar refractivity (Wildman–Crippen MR) is 112 cm³/mol. The van der Waals surface area contributed by atoms with Crippen LogP contribution in [-0.2, 0) is 10.0 Å². The predicted octanol–water partition coefficient (Wildman–Crippen LogP) is 5.08. The van der Waals surface area contributed by atoms with Gasteiger partial charge < -0.3 is 0 Å². The van der Waals surface area contributed by atoms with Gasteiger partial charge in [0.25, 0.3) is 10.0 Å². The number of hydrogen-bond donors (Lipinski definition) is 0. The van der Waals surface area contributed by atoms with Crippen molar-refractivity contribution in [1.29, 1.82) is 0 Å². The summed E-state index contributed by atoms with van der Waals surface area (Å²) in [7, 11) is -3.79. The third-order valence-electron chi connectivity index (χ3n) is 4.38. The highest BCUT2D eigenvalue weighted by atomic mass is 79.9. The zero-order chi connectivity index (χ0) is 19.3. The van der Waals surface area contributed by atoms with Gasteiger partial charge in [-0.25, -0.2) is 22.4 Å². The molecule has 4 rings (SSSR count). The van der Waals surface area contributed by atoms with Crippen LogP contribution in [0.4, 0.5) is 0 Å². The van der Waals surface area contributed by atoms with Gasteiger partial charge in [-0.2, -0.15) is 0 Å². The first-order valence-electron chi connectivity index (χ1n) is 8.20. The van der Waals surface area contributed by atoms with E-state index in [2.05, 4.69) is 25.9 Å². The second kappa shape index (κ2) is 6.54. The number of halogens is 1. The van der Waals surface area contributed by atoms with Crippen LogP contribution in [0.1, 0.15) is 16.8 Å². The lowest BCUT2D eigenvalue weighted by atomic mass is 10.1. The number of nitrogens with zero attached hydrogens (tertiary/aromatic N) is 3. The number of thiazole rings is 1. The van der Waals surface area contributed by atoms with E-state index in [1.807, 2.05) is 25.3 Å². The summed E-state index contributed by atoms with van der Waals surface area (Å²) in [6, 6.07) is 8.81. The van der Waals surface area contributed by atoms with E-state index in [0.29, 0.717) is 11.3 Å². The van der Waals surface area contributed by atoms with Gasteiger partial charge in [0.1, 0.15) is 9.61 Å². The van der Waals surface area contributed by atoms with Crippen LogP contribution in [0, 0.1) is 20.8 Å². The number of rotatable bonds is 3. The molecule has 3 heterocycles. The molecule has 8 heteroatoms. The van der Waals surface area contributed by atoms with Gasteiger partial charge >= 0.3 is 0 Å². The third kappa shape index (κ3) is 3.01. The van der Waals surface area contributed by atoms with Gasteiger partial charge in [-0.05, 0) is 60.5 Å². The van der Waals surface area contributed by atoms with Gasteiger partial charge in [0, 0.05) is 28.2 Å². The van der Waals surface area contributed by atoms with Crippen LogP contribution in [-0.4, -0.2) is 22.4 Å². The van der Waals surface area contributed by atoms with Crippen molar-refractivity contribution in [3.8, 4) is 10.6 Å². The van der Waals surface area contributed by atoms with Gasteiger partial charge in [-0.15, -0.1) is 11.3 Å². The molecule has 3 aromatic heterocycles. The minimum atomic E-state index is -3.79. The maximum Gasteiger partial charge on any atom is 0.269 e. The summed E-state index contributed by atoms with van der Waals surface area (Å²) in [6.07, 6.45) is 1.69. The molecule has 0 atom stereocenters. The van der Waals surface area contributed by atoms with Crippen molar-refractivity contribution in [1.82, 2.24) is 13.9 Å². The Morgan fingerprint density at radius 1 is 1.07 bits per heavy atom. The molecule has 0 fully saturated rings. The van der Waals surface area contributed by atoms with Gasteiger partial charge in [-0.3, -0.25) is 0 Å². The molecule has 0 spiro atoms. The summed E-state index contributed by atoms with van der Waals surface area (Å²) in [4.78, 5) is 9.19. The normalized spacial score (nSPS) is 12.0. The van der Waals surface area contributed by atoms with E-state index in [4.69, 9.17) is 0 Å². The highest BCUT2D eigenvalue weighted by molar-refractivity contribution is 9.10. The standard InChI is InChI=1S/C19H16BrN3O2S2/c1-11-4-6-14(7-5-11)27(24,25)23-13(3)17(19-22-16(20)10-26-19)15-8-12(2)9-21-18(15)23/h4-10H,1-3H3. The van der Waals surface area contributed by atoms with Crippen molar-refractivity contribution in [3.63, 3.8) is 0 Å². The second-order valence-electron chi connectivity index (χ2n) is 6.40.